The van der Waals surface area contributed by atoms with Crippen LogP contribution in [0.5, 0.6) is 0 Å². The number of piperazine rings is 1. The van der Waals surface area contributed by atoms with Crippen LogP contribution in [-0.2, 0) is 0 Å². The zero-order valence-corrected chi connectivity index (χ0v) is 16.2. The third kappa shape index (κ3) is 3.48. The molecule has 2 aromatic rings. The lowest BCUT2D eigenvalue weighted by Crippen LogP contribution is -2.49. The summed E-state index contributed by atoms with van der Waals surface area (Å²) in [5.41, 5.74) is 1.36. The van der Waals surface area contributed by atoms with Gasteiger partial charge in [0.2, 0.25) is 0 Å². The Morgan fingerprint density at radius 2 is 1.85 bits per heavy atom. The van der Waals surface area contributed by atoms with Crippen LogP contribution >= 0.6 is 11.6 Å². The molecular formula is C21H23ClN2O3. The molecule has 1 aliphatic carbocycles. The van der Waals surface area contributed by atoms with E-state index in [4.69, 9.17) is 16.0 Å². The molecule has 2 aliphatic rings. The van der Waals surface area contributed by atoms with Gasteiger partial charge in [0.15, 0.2) is 0 Å². The summed E-state index contributed by atoms with van der Waals surface area (Å²) in [5, 5.41) is 0.709. The van der Waals surface area contributed by atoms with Crippen molar-refractivity contribution in [3.8, 4) is 0 Å². The van der Waals surface area contributed by atoms with Crippen LogP contribution in [0.4, 0.5) is 5.69 Å². The van der Waals surface area contributed by atoms with E-state index in [1.54, 1.807) is 4.90 Å². The highest BCUT2D eigenvalue weighted by Crippen LogP contribution is 2.36. The van der Waals surface area contributed by atoms with Gasteiger partial charge in [0.25, 0.3) is 5.91 Å². The van der Waals surface area contributed by atoms with Crippen molar-refractivity contribution in [1.29, 1.82) is 0 Å². The Labute approximate surface area is 163 Å². The number of amides is 1. The second kappa shape index (κ2) is 7.39. The number of nitrogens with zero attached hydrogens (tertiary/aromatic N) is 2. The average molecular weight is 387 g/mol. The molecule has 0 radical (unpaired) electrons. The highest BCUT2D eigenvalue weighted by atomic mass is 35.5. The van der Waals surface area contributed by atoms with Crippen molar-refractivity contribution >= 4 is 23.2 Å². The van der Waals surface area contributed by atoms with Gasteiger partial charge in [-0.2, -0.15) is 0 Å². The molecule has 1 aliphatic heterocycles. The second-order valence-electron chi connectivity index (χ2n) is 7.35. The minimum atomic E-state index is -0.504. The number of halogens is 1. The van der Waals surface area contributed by atoms with Crippen LogP contribution in [0.15, 0.2) is 39.5 Å². The van der Waals surface area contributed by atoms with Gasteiger partial charge in [-0.05, 0) is 43.5 Å². The summed E-state index contributed by atoms with van der Waals surface area (Å²) in [4.78, 5) is 29.3. The predicted octanol–water partition coefficient (Wildman–Crippen LogP) is 3.83. The van der Waals surface area contributed by atoms with Crippen molar-refractivity contribution in [2.75, 3.05) is 31.1 Å². The molecule has 1 saturated heterocycles. The van der Waals surface area contributed by atoms with Gasteiger partial charge in [0, 0.05) is 32.1 Å². The zero-order valence-electron chi connectivity index (χ0n) is 15.4. The number of carbonyl (C=O) groups is 1. The van der Waals surface area contributed by atoms with Gasteiger partial charge in [-0.1, -0.05) is 30.2 Å². The molecule has 1 amide bonds. The van der Waals surface area contributed by atoms with Gasteiger partial charge < -0.3 is 14.2 Å². The monoisotopic (exact) mass is 386 g/mol. The molecule has 2 heterocycles. The fraction of sp³-hybridized carbons (Fsp3) is 0.429. The summed E-state index contributed by atoms with van der Waals surface area (Å²) in [5.74, 6) is 0.823. The van der Waals surface area contributed by atoms with E-state index in [9.17, 15) is 9.59 Å². The van der Waals surface area contributed by atoms with Gasteiger partial charge in [0.1, 0.15) is 11.3 Å². The Hall–Kier alpha value is -2.27. The first kappa shape index (κ1) is 18.1. The van der Waals surface area contributed by atoms with Gasteiger partial charge in [-0.3, -0.25) is 4.79 Å². The molecule has 1 aromatic carbocycles. The van der Waals surface area contributed by atoms with Crippen molar-refractivity contribution in [3.63, 3.8) is 0 Å². The van der Waals surface area contributed by atoms with Gasteiger partial charge in [-0.25, -0.2) is 4.79 Å². The topological polar surface area (TPSA) is 53.8 Å². The van der Waals surface area contributed by atoms with Gasteiger partial charge in [0.05, 0.1) is 10.7 Å². The fourth-order valence-electron chi connectivity index (χ4n) is 3.80. The number of hydrogen-bond donors (Lipinski definition) is 0. The second-order valence-corrected chi connectivity index (χ2v) is 7.76. The minimum absolute atomic E-state index is 0.171. The number of anilines is 1. The zero-order chi connectivity index (χ0) is 19.0. The molecule has 0 N–H and O–H groups in total. The molecule has 0 unspecified atom stereocenters. The number of aryl methyl sites for hydroxylation is 1. The SMILES string of the molecule is Cc1cc(C2CCC2)oc(=O)c1C(=O)N1CCN(c2ccccc2Cl)CC1. The largest absolute Gasteiger partial charge is 0.427 e. The quantitative estimate of drug-likeness (QED) is 0.804. The smallest absolute Gasteiger partial charge is 0.349 e. The Kier molecular flexibility index (Phi) is 4.96. The van der Waals surface area contributed by atoms with Crippen molar-refractivity contribution in [2.24, 2.45) is 0 Å². The molecule has 142 valence electrons. The van der Waals surface area contributed by atoms with Crippen molar-refractivity contribution in [3.05, 3.63) is 62.7 Å². The number of para-hydroxylation sites is 1. The van der Waals surface area contributed by atoms with Gasteiger partial charge >= 0.3 is 5.63 Å². The first-order valence-corrected chi connectivity index (χ1v) is 9.86. The lowest BCUT2D eigenvalue weighted by atomic mass is 9.83. The van der Waals surface area contributed by atoms with E-state index in [0.29, 0.717) is 42.7 Å². The third-order valence-corrected chi connectivity index (χ3v) is 5.97. The van der Waals surface area contributed by atoms with Crippen LogP contribution in [0, 0.1) is 6.92 Å². The van der Waals surface area contributed by atoms with Crippen LogP contribution in [-0.4, -0.2) is 37.0 Å². The maximum atomic E-state index is 12.9. The van der Waals surface area contributed by atoms with Crippen LogP contribution in [0.2, 0.25) is 5.02 Å². The average Bonchev–Trinajstić information content (AvgIpc) is 2.60. The maximum Gasteiger partial charge on any atom is 0.349 e. The van der Waals surface area contributed by atoms with E-state index >= 15 is 0 Å². The van der Waals surface area contributed by atoms with E-state index in [0.717, 1.165) is 24.3 Å². The molecule has 5 nitrogen and oxygen atoms in total. The molecule has 2 fully saturated rings. The molecule has 1 saturated carbocycles. The highest BCUT2D eigenvalue weighted by Gasteiger charge is 2.29. The standard InChI is InChI=1S/C21H23ClN2O3/c1-14-13-18(15-5-4-6-15)27-21(26)19(14)20(25)24-11-9-23(10-12-24)17-8-3-2-7-16(17)22/h2-3,7-8,13,15H,4-6,9-12H2,1H3. The Bertz CT molecular complexity index is 912. The highest BCUT2D eigenvalue weighted by molar-refractivity contribution is 6.33. The summed E-state index contributed by atoms with van der Waals surface area (Å²) < 4.78 is 5.48. The van der Waals surface area contributed by atoms with Crippen LogP contribution in [0.3, 0.4) is 0 Å². The van der Waals surface area contributed by atoms with Crippen LogP contribution in [0.25, 0.3) is 0 Å². The Balaban J connectivity index is 1.48. The van der Waals surface area contributed by atoms with E-state index in [2.05, 4.69) is 4.90 Å². The molecule has 4 rings (SSSR count). The van der Waals surface area contributed by atoms with E-state index in [1.165, 1.54) is 6.42 Å². The predicted molar refractivity (Wildman–Crippen MR) is 106 cm³/mol. The van der Waals surface area contributed by atoms with E-state index < -0.39 is 5.63 Å². The Morgan fingerprint density at radius 3 is 2.44 bits per heavy atom. The number of rotatable bonds is 3. The van der Waals surface area contributed by atoms with Gasteiger partial charge in [-0.15, -0.1) is 0 Å². The minimum Gasteiger partial charge on any atom is -0.427 e. The van der Waals surface area contributed by atoms with Crippen molar-refractivity contribution < 1.29 is 9.21 Å². The first-order valence-electron chi connectivity index (χ1n) is 9.48. The Morgan fingerprint density at radius 1 is 1.15 bits per heavy atom. The lowest BCUT2D eigenvalue weighted by Gasteiger charge is -2.36. The van der Waals surface area contributed by atoms with Crippen LogP contribution < -0.4 is 10.5 Å². The fourth-order valence-corrected chi connectivity index (χ4v) is 4.06. The van der Waals surface area contributed by atoms with Crippen LogP contribution in [0.1, 0.15) is 46.9 Å². The maximum absolute atomic E-state index is 12.9. The number of hydrogen-bond acceptors (Lipinski definition) is 4. The molecule has 27 heavy (non-hydrogen) atoms. The summed E-state index contributed by atoms with van der Waals surface area (Å²) >= 11 is 6.28. The van der Waals surface area contributed by atoms with Crippen molar-refractivity contribution in [2.45, 2.75) is 32.1 Å². The summed E-state index contributed by atoms with van der Waals surface area (Å²) in [7, 11) is 0. The van der Waals surface area contributed by atoms with Crippen molar-refractivity contribution in [1.82, 2.24) is 4.90 Å². The molecular weight excluding hydrogens is 364 g/mol. The number of carbonyl (C=O) groups excluding carboxylic acids is 1. The summed E-state index contributed by atoms with van der Waals surface area (Å²) in [6, 6.07) is 9.58. The van der Waals surface area contributed by atoms with E-state index in [1.807, 2.05) is 37.3 Å². The lowest BCUT2D eigenvalue weighted by molar-refractivity contribution is 0.0740. The third-order valence-electron chi connectivity index (χ3n) is 5.65. The number of benzene rings is 1. The molecule has 6 heteroatoms. The summed E-state index contributed by atoms with van der Waals surface area (Å²) in [6.07, 6.45) is 3.28. The summed E-state index contributed by atoms with van der Waals surface area (Å²) in [6.45, 7) is 4.28. The van der Waals surface area contributed by atoms with E-state index in [-0.39, 0.29) is 11.5 Å². The molecule has 0 atom stereocenters. The normalized spacial score (nSPS) is 17.7. The molecule has 0 bridgehead atoms. The first-order chi connectivity index (χ1) is 13.0. The molecule has 0 spiro atoms. The molecule has 1 aromatic heterocycles.